The summed E-state index contributed by atoms with van der Waals surface area (Å²) < 4.78 is 0. The Hall–Kier alpha value is -3.00. The standard InChI is InChI=1S/C21H24N4O3S/c1-12-15(18(27)25-19(28)22-12)9-10-17(26)24-20-23-16(11-29-20)13-5-7-14(8-6-13)21(2,3)4/h5-8,11H,9-10H2,1-4H3,(H,23,24,26)(H2,22,25,27,28). The van der Waals surface area contributed by atoms with Gasteiger partial charge in [-0.25, -0.2) is 9.78 Å². The van der Waals surface area contributed by atoms with Gasteiger partial charge in [0.2, 0.25) is 5.91 Å². The van der Waals surface area contributed by atoms with E-state index in [4.69, 9.17) is 0 Å². The second kappa shape index (κ2) is 8.16. The largest absolute Gasteiger partial charge is 0.325 e. The summed E-state index contributed by atoms with van der Waals surface area (Å²) in [5, 5.41) is 5.18. The van der Waals surface area contributed by atoms with E-state index >= 15 is 0 Å². The van der Waals surface area contributed by atoms with Crippen molar-refractivity contribution in [2.75, 3.05) is 5.32 Å². The molecule has 29 heavy (non-hydrogen) atoms. The maximum absolute atomic E-state index is 12.2. The summed E-state index contributed by atoms with van der Waals surface area (Å²) in [5.74, 6) is -0.237. The molecular formula is C21H24N4O3S. The van der Waals surface area contributed by atoms with Crippen molar-refractivity contribution in [3.8, 4) is 11.3 Å². The molecule has 1 amide bonds. The minimum absolute atomic E-state index is 0.0889. The molecule has 2 heterocycles. The van der Waals surface area contributed by atoms with E-state index in [2.05, 4.69) is 53.2 Å². The van der Waals surface area contributed by atoms with E-state index in [0.29, 0.717) is 16.4 Å². The highest BCUT2D eigenvalue weighted by Crippen LogP contribution is 2.28. The Labute approximate surface area is 172 Å². The fraction of sp³-hybridized carbons (Fsp3) is 0.333. The van der Waals surface area contributed by atoms with E-state index in [0.717, 1.165) is 11.3 Å². The molecule has 3 aromatic rings. The molecule has 0 radical (unpaired) electrons. The number of anilines is 1. The number of H-pyrrole nitrogens is 2. The molecule has 0 unspecified atom stereocenters. The van der Waals surface area contributed by atoms with Gasteiger partial charge in [0.15, 0.2) is 5.13 Å². The number of carbonyl (C=O) groups is 1. The van der Waals surface area contributed by atoms with Crippen LogP contribution in [0.3, 0.4) is 0 Å². The lowest BCUT2D eigenvalue weighted by molar-refractivity contribution is -0.116. The van der Waals surface area contributed by atoms with Crippen molar-refractivity contribution in [3.05, 3.63) is 67.3 Å². The zero-order chi connectivity index (χ0) is 21.2. The number of amides is 1. The van der Waals surface area contributed by atoms with Crippen molar-refractivity contribution in [2.45, 2.75) is 46.0 Å². The summed E-state index contributed by atoms with van der Waals surface area (Å²) in [5.41, 5.74) is 2.99. The Morgan fingerprint density at radius 3 is 2.45 bits per heavy atom. The number of nitrogens with zero attached hydrogens (tertiary/aromatic N) is 1. The predicted octanol–water partition coefficient (Wildman–Crippen LogP) is 3.36. The van der Waals surface area contributed by atoms with Gasteiger partial charge in [-0.2, -0.15) is 0 Å². The van der Waals surface area contributed by atoms with Crippen molar-refractivity contribution in [2.24, 2.45) is 0 Å². The number of benzene rings is 1. The monoisotopic (exact) mass is 412 g/mol. The minimum atomic E-state index is -0.549. The van der Waals surface area contributed by atoms with E-state index in [1.165, 1.54) is 16.9 Å². The molecule has 3 rings (SSSR count). The number of nitrogens with one attached hydrogen (secondary N) is 3. The number of thiazole rings is 1. The first-order valence-electron chi connectivity index (χ1n) is 9.32. The highest BCUT2D eigenvalue weighted by molar-refractivity contribution is 7.14. The van der Waals surface area contributed by atoms with Crippen molar-refractivity contribution < 1.29 is 4.79 Å². The second-order valence-corrected chi connectivity index (χ2v) is 8.78. The van der Waals surface area contributed by atoms with Gasteiger partial charge in [0, 0.05) is 28.6 Å². The molecule has 1 aromatic carbocycles. The van der Waals surface area contributed by atoms with Crippen LogP contribution in [0.25, 0.3) is 11.3 Å². The number of aromatic amines is 2. The molecule has 2 aromatic heterocycles. The van der Waals surface area contributed by atoms with Crippen LogP contribution in [0, 0.1) is 6.92 Å². The van der Waals surface area contributed by atoms with Crippen LogP contribution in [0.1, 0.15) is 44.0 Å². The fourth-order valence-corrected chi connectivity index (χ4v) is 3.69. The second-order valence-electron chi connectivity index (χ2n) is 7.93. The van der Waals surface area contributed by atoms with Crippen LogP contribution in [0.2, 0.25) is 0 Å². The van der Waals surface area contributed by atoms with Crippen LogP contribution in [0.15, 0.2) is 39.2 Å². The van der Waals surface area contributed by atoms with Crippen molar-refractivity contribution in [1.29, 1.82) is 0 Å². The quantitative estimate of drug-likeness (QED) is 0.597. The molecular weight excluding hydrogens is 388 g/mol. The number of hydrogen-bond donors (Lipinski definition) is 3. The SMILES string of the molecule is Cc1[nH]c(=O)[nH]c(=O)c1CCC(=O)Nc1nc(-c2ccc(C(C)(C)C)cc2)cs1. The van der Waals surface area contributed by atoms with Crippen LogP contribution in [0.5, 0.6) is 0 Å². The molecule has 0 aliphatic heterocycles. The molecule has 3 N–H and O–H groups in total. The van der Waals surface area contributed by atoms with Crippen molar-refractivity contribution in [1.82, 2.24) is 15.0 Å². The zero-order valence-electron chi connectivity index (χ0n) is 16.9. The lowest BCUT2D eigenvalue weighted by Gasteiger charge is -2.18. The van der Waals surface area contributed by atoms with Crippen LogP contribution in [-0.2, 0) is 16.6 Å². The van der Waals surface area contributed by atoms with E-state index in [1.807, 2.05) is 17.5 Å². The van der Waals surface area contributed by atoms with Gasteiger partial charge >= 0.3 is 5.69 Å². The normalized spacial score (nSPS) is 11.4. The minimum Gasteiger partial charge on any atom is -0.311 e. The Balaban J connectivity index is 1.63. The van der Waals surface area contributed by atoms with Gasteiger partial charge in [-0.05, 0) is 24.3 Å². The van der Waals surface area contributed by atoms with Gasteiger partial charge in [0.25, 0.3) is 5.56 Å². The predicted molar refractivity (Wildman–Crippen MR) is 116 cm³/mol. The topological polar surface area (TPSA) is 108 Å². The summed E-state index contributed by atoms with van der Waals surface area (Å²) >= 11 is 1.35. The van der Waals surface area contributed by atoms with Gasteiger partial charge < -0.3 is 10.3 Å². The van der Waals surface area contributed by atoms with Gasteiger partial charge in [-0.3, -0.25) is 14.6 Å². The van der Waals surface area contributed by atoms with E-state index in [9.17, 15) is 14.4 Å². The first-order valence-corrected chi connectivity index (χ1v) is 10.2. The summed E-state index contributed by atoms with van der Waals surface area (Å²) in [6.07, 6.45) is 0.349. The third kappa shape index (κ3) is 5.08. The average molecular weight is 413 g/mol. The van der Waals surface area contributed by atoms with Crippen molar-refractivity contribution in [3.63, 3.8) is 0 Å². The lowest BCUT2D eigenvalue weighted by Crippen LogP contribution is -2.27. The number of aryl methyl sites for hydroxylation is 1. The van der Waals surface area contributed by atoms with Gasteiger partial charge in [0.05, 0.1) is 5.69 Å². The van der Waals surface area contributed by atoms with Gasteiger partial charge in [0.1, 0.15) is 0 Å². The Bertz CT molecular complexity index is 1130. The van der Waals surface area contributed by atoms with E-state index in [-0.39, 0.29) is 24.2 Å². The number of aromatic nitrogens is 3. The molecule has 0 aliphatic carbocycles. The summed E-state index contributed by atoms with van der Waals surface area (Å²) in [4.78, 5) is 44.5. The Kier molecular flexibility index (Phi) is 5.83. The molecule has 7 nitrogen and oxygen atoms in total. The summed E-state index contributed by atoms with van der Waals surface area (Å²) in [6, 6.07) is 8.26. The molecule has 0 aliphatic rings. The molecule has 0 saturated heterocycles. The van der Waals surface area contributed by atoms with E-state index in [1.54, 1.807) is 6.92 Å². The van der Waals surface area contributed by atoms with Crippen LogP contribution in [-0.4, -0.2) is 20.9 Å². The summed E-state index contributed by atoms with van der Waals surface area (Å²) in [6.45, 7) is 8.14. The third-order valence-corrected chi connectivity index (χ3v) is 5.41. The molecule has 152 valence electrons. The van der Waals surface area contributed by atoms with Crippen LogP contribution >= 0.6 is 11.3 Å². The zero-order valence-corrected chi connectivity index (χ0v) is 17.7. The molecule has 8 heteroatoms. The molecule has 0 atom stereocenters. The molecule has 0 spiro atoms. The molecule has 0 fully saturated rings. The molecule has 0 saturated carbocycles. The van der Waals surface area contributed by atoms with E-state index < -0.39 is 11.2 Å². The fourth-order valence-electron chi connectivity index (χ4n) is 2.95. The lowest BCUT2D eigenvalue weighted by atomic mass is 9.86. The number of rotatable bonds is 5. The maximum Gasteiger partial charge on any atom is 0.325 e. The highest BCUT2D eigenvalue weighted by Gasteiger charge is 2.14. The Morgan fingerprint density at radius 1 is 1.14 bits per heavy atom. The number of hydrogen-bond acceptors (Lipinski definition) is 5. The Morgan fingerprint density at radius 2 is 1.83 bits per heavy atom. The van der Waals surface area contributed by atoms with Gasteiger partial charge in [-0.1, -0.05) is 45.0 Å². The first kappa shape index (κ1) is 20.7. The summed E-state index contributed by atoms with van der Waals surface area (Å²) in [7, 11) is 0. The average Bonchev–Trinajstić information content (AvgIpc) is 3.08. The first-order chi connectivity index (χ1) is 13.6. The van der Waals surface area contributed by atoms with Gasteiger partial charge in [-0.15, -0.1) is 11.3 Å². The van der Waals surface area contributed by atoms with Crippen molar-refractivity contribution >= 4 is 22.4 Å². The number of carbonyl (C=O) groups excluding carboxylic acids is 1. The van der Waals surface area contributed by atoms with Crippen LogP contribution in [0.4, 0.5) is 5.13 Å². The third-order valence-electron chi connectivity index (χ3n) is 4.65. The maximum atomic E-state index is 12.2. The highest BCUT2D eigenvalue weighted by atomic mass is 32.1. The molecule has 0 bridgehead atoms. The smallest absolute Gasteiger partial charge is 0.311 e. The van der Waals surface area contributed by atoms with Crippen LogP contribution < -0.4 is 16.6 Å².